The van der Waals surface area contributed by atoms with Crippen molar-refractivity contribution in [3.05, 3.63) is 60.8 Å². The Balaban J connectivity index is 3.64. The van der Waals surface area contributed by atoms with Crippen LogP contribution < -0.4 is 5.32 Å². The van der Waals surface area contributed by atoms with E-state index < -0.39 is 18.2 Å². The van der Waals surface area contributed by atoms with Crippen molar-refractivity contribution < 1.29 is 20.1 Å². The number of unbranched alkanes of at least 4 members (excludes halogenated alkanes) is 20. The lowest BCUT2D eigenvalue weighted by atomic mass is 10.0. The van der Waals surface area contributed by atoms with Crippen LogP contribution in [0.15, 0.2) is 60.8 Å². The van der Waals surface area contributed by atoms with E-state index in [0.717, 1.165) is 44.9 Å². The molecular formula is C44H79NO4. The average molecular weight is 686 g/mol. The van der Waals surface area contributed by atoms with E-state index in [1.807, 2.05) is 13.0 Å². The van der Waals surface area contributed by atoms with Crippen molar-refractivity contribution in [3.63, 3.8) is 0 Å². The molecule has 284 valence electrons. The van der Waals surface area contributed by atoms with Crippen LogP contribution in [0.2, 0.25) is 0 Å². The Labute approximate surface area is 303 Å². The fourth-order valence-electron chi connectivity index (χ4n) is 5.94. The Morgan fingerprint density at radius 3 is 1.53 bits per heavy atom. The smallest absolute Gasteiger partial charge is 0.222 e. The zero-order valence-corrected chi connectivity index (χ0v) is 32.1. The summed E-state index contributed by atoms with van der Waals surface area (Å²) < 4.78 is 0. The molecule has 0 spiro atoms. The first kappa shape index (κ1) is 47.0. The summed E-state index contributed by atoms with van der Waals surface area (Å²) in [7, 11) is 0. The summed E-state index contributed by atoms with van der Waals surface area (Å²) in [5, 5.41) is 33.0. The first-order valence-corrected chi connectivity index (χ1v) is 20.5. The van der Waals surface area contributed by atoms with Crippen LogP contribution in [0, 0.1) is 0 Å². The van der Waals surface area contributed by atoms with Gasteiger partial charge in [-0.15, -0.1) is 0 Å². The number of aliphatic hydroxyl groups is 3. The molecule has 3 atom stereocenters. The van der Waals surface area contributed by atoms with Gasteiger partial charge in [0.05, 0.1) is 31.3 Å². The van der Waals surface area contributed by atoms with Gasteiger partial charge < -0.3 is 20.6 Å². The maximum Gasteiger partial charge on any atom is 0.222 e. The number of rotatable bonds is 36. The lowest BCUT2D eigenvalue weighted by Gasteiger charge is -2.21. The molecule has 0 aliphatic heterocycles. The molecule has 0 saturated heterocycles. The molecular weight excluding hydrogens is 606 g/mol. The normalized spacial score (nSPS) is 14.3. The standard InChI is InChI=1S/C44H79NO4/c1-3-5-7-9-11-13-14-15-16-17-18-19-20-21-22-23-24-25-26-27-28-30-31-33-35-37-41(47)39-44(49)45-42(40-46)43(48)38-36-34-32-29-12-10-8-6-4-2/h4,6,12,18-19,21-22,29,36,38,41-43,46-48H,3,5,7-11,13-17,20,23-28,30-35,37,39-40H2,1-2H3,(H,45,49)/b6-4+,19-18-,22-21-,29-12+,38-36+. The van der Waals surface area contributed by atoms with E-state index in [2.05, 4.69) is 60.8 Å². The van der Waals surface area contributed by atoms with E-state index in [9.17, 15) is 20.1 Å². The predicted molar refractivity (Wildman–Crippen MR) is 213 cm³/mol. The highest BCUT2D eigenvalue weighted by Gasteiger charge is 2.20. The van der Waals surface area contributed by atoms with Gasteiger partial charge in [-0.1, -0.05) is 170 Å². The number of carbonyl (C=O) groups is 1. The van der Waals surface area contributed by atoms with Crippen LogP contribution in [0.4, 0.5) is 0 Å². The van der Waals surface area contributed by atoms with E-state index in [1.54, 1.807) is 6.08 Å². The number of aliphatic hydroxyl groups excluding tert-OH is 3. The molecule has 1 amide bonds. The average Bonchev–Trinajstić information content (AvgIpc) is 3.09. The summed E-state index contributed by atoms with van der Waals surface area (Å²) in [4.78, 5) is 12.4. The molecule has 0 saturated carbocycles. The summed E-state index contributed by atoms with van der Waals surface area (Å²) in [6, 6.07) is -0.768. The van der Waals surface area contributed by atoms with Crippen LogP contribution >= 0.6 is 0 Å². The lowest BCUT2D eigenvalue weighted by Crippen LogP contribution is -2.45. The zero-order valence-electron chi connectivity index (χ0n) is 32.1. The molecule has 0 radical (unpaired) electrons. The number of allylic oxidation sites excluding steroid dienone is 9. The molecule has 4 N–H and O–H groups in total. The minimum atomic E-state index is -0.960. The van der Waals surface area contributed by atoms with Gasteiger partial charge in [-0.25, -0.2) is 0 Å². The minimum absolute atomic E-state index is 0.00373. The third-order valence-electron chi connectivity index (χ3n) is 9.10. The second-order valence-corrected chi connectivity index (χ2v) is 13.9. The maximum absolute atomic E-state index is 12.4. The van der Waals surface area contributed by atoms with Crippen LogP contribution in [0.5, 0.6) is 0 Å². The van der Waals surface area contributed by atoms with Gasteiger partial charge in [0.1, 0.15) is 0 Å². The van der Waals surface area contributed by atoms with Crippen molar-refractivity contribution in [1.82, 2.24) is 5.32 Å². The number of hydrogen-bond acceptors (Lipinski definition) is 4. The van der Waals surface area contributed by atoms with Gasteiger partial charge in [0.25, 0.3) is 0 Å². The van der Waals surface area contributed by atoms with Crippen molar-refractivity contribution in [2.75, 3.05) is 6.61 Å². The van der Waals surface area contributed by atoms with E-state index in [-0.39, 0.29) is 18.9 Å². The number of amides is 1. The predicted octanol–water partition coefficient (Wildman–Crippen LogP) is 11.5. The van der Waals surface area contributed by atoms with Crippen molar-refractivity contribution in [2.45, 2.75) is 205 Å². The fourth-order valence-corrected chi connectivity index (χ4v) is 5.94. The highest BCUT2D eigenvalue weighted by atomic mass is 16.3. The number of nitrogens with one attached hydrogen (secondary N) is 1. The highest BCUT2D eigenvalue weighted by Crippen LogP contribution is 2.14. The minimum Gasteiger partial charge on any atom is -0.394 e. The van der Waals surface area contributed by atoms with E-state index in [1.165, 1.54) is 116 Å². The van der Waals surface area contributed by atoms with Gasteiger partial charge in [-0.05, 0) is 71.1 Å². The number of hydrogen-bond donors (Lipinski definition) is 4. The van der Waals surface area contributed by atoms with Crippen LogP contribution in [-0.2, 0) is 4.79 Å². The molecule has 5 heteroatoms. The molecule has 0 aliphatic rings. The van der Waals surface area contributed by atoms with Gasteiger partial charge in [0.2, 0.25) is 5.91 Å². The van der Waals surface area contributed by atoms with Crippen molar-refractivity contribution in [2.24, 2.45) is 0 Å². The monoisotopic (exact) mass is 686 g/mol. The molecule has 0 aromatic heterocycles. The maximum atomic E-state index is 12.4. The Hall–Kier alpha value is -1.95. The summed E-state index contributed by atoms with van der Waals surface area (Å²) in [5.41, 5.74) is 0. The van der Waals surface area contributed by atoms with Gasteiger partial charge in [-0.2, -0.15) is 0 Å². The molecule has 3 unspecified atom stereocenters. The molecule has 0 aliphatic carbocycles. The molecule has 0 aromatic carbocycles. The molecule has 0 rings (SSSR count). The van der Waals surface area contributed by atoms with Crippen LogP contribution in [0.3, 0.4) is 0 Å². The van der Waals surface area contributed by atoms with E-state index in [0.29, 0.717) is 6.42 Å². The van der Waals surface area contributed by atoms with Crippen LogP contribution in [-0.4, -0.2) is 46.1 Å². The van der Waals surface area contributed by atoms with Crippen molar-refractivity contribution in [3.8, 4) is 0 Å². The second-order valence-electron chi connectivity index (χ2n) is 13.9. The Kier molecular flexibility index (Phi) is 37.3. The molecule has 0 bridgehead atoms. The first-order valence-electron chi connectivity index (χ1n) is 20.5. The third-order valence-corrected chi connectivity index (χ3v) is 9.10. The van der Waals surface area contributed by atoms with Gasteiger partial charge in [0.15, 0.2) is 0 Å². The summed E-state index contributed by atoms with van der Waals surface area (Å²) in [5.74, 6) is -0.338. The highest BCUT2D eigenvalue weighted by molar-refractivity contribution is 5.76. The Bertz CT molecular complexity index is 846. The van der Waals surface area contributed by atoms with Crippen molar-refractivity contribution >= 4 is 5.91 Å². The summed E-state index contributed by atoms with van der Waals surface area (Å²) in [6.07, 6.45) is 51.0. The Morgan fingerprint density at radius 1 is 0.571 bits per heavy atom. The SMILES string of the molecule is C/C=C/CC/C=C/CC/C=C/C(O)C(CO)NC(=O)CC(O)CCCCCCCCCCC/C=C\C/C=C\CCCCCCCCCCC. The van der Waals surface area contributed by atoms with Gasteiger partial charge in [-0.3, -0.25) is 4.79 Å². The summed E-state index contributed by atoms with van der Waals surface area (Å²) >= 11 is 0. The quantitative estimate of drug-likeness (QED) is 0.0390. The molecule has 0 heterocycles. The third kappa shape index (κ3) is 35.7. The Morgan fingerprint density at radius 2 is 1.02 bits per heavy atom. The second kappa shape index (κ2) is 38.8. The van der Waals surface area contributed by atoms with E-state index >= 15 is 0 Å². The van der Waals surface area contributed by atoms with Gasteiger partial charge >= 0.3 is 0 Å². The van der Waals surface area contributed by atoms with Crippen LogP contribution in [0.25, 0.3) is 0 Å². The topological polar surface area (TPSA) is 89.8 Å². The first-order chi connectivity index (χ1) is 24.0. The molecule has 5 nitrogen and oxygen atoms in total. The largest absolute Gasteiger partial charge is 0.394 e. The summed E-state index contributed by atoms with van der Waals surface area (Å²) in [6.45, 7) is 3.95. The molecule has 49 heavy (non-hydrogen) atoms. The fraction of sp³-hybridized carbons (Fsp3) is 0.750. The zero-order chi connectivity index (χ0) is 35.9. The van der Waals surface area contributed by atoms with E-state index in [4.69, 9.17) is 0 Å². The molecule has 0 aromatic rings. The van der Waals surface area contributed by atoms with Crippen LogP contribution in [0.1, 0.15) is 187 Å². The number of carbonyl (C=O) groups excluding carboxylic acids is 1. The lowest BCUT2D eigenvalue weighted by molar-refractivity contribution is -0.124. The molecule has 0 fully saturated rings. The van der Waals surface area contributed by atoms with Crippen molar-refractivity contribution in [1.29, 1.82) is 0 Å². The van der Waals surface area contributed by atoms with Gasteiger partial charge in [0, 0.05) is 0 Å².